The van der Waals surface area contributed by atoms with Crippen LogP contribution in [0.25, 0.3) is 6.08 Å². The van der Waals surface area contributed by atoms with Gasteiger partial charge in [0.05, 0.1) is 6.10 Å². The third-order valence-corrected chi connectivity index (χ3v) is 1.61. The van der Waals surface area contributed by atoms with Crippen molar-refractivity contribution in [3.8, 4) is 0 Å². The zero-order valence-corrected chi connectivity index (χ0v) is 7.14. The minimum absolute atomic E-state index is 0.342. The highest BCUT2D eigenvalue weighted by molar-refractivity contribution is 5.47. The van der Waals surface area contributed by atoms with Crippen LogP contribution in [0, 0.1) is 0 Å². The Morgan fingerprint density at radius 2 is 2.50 bits per heavy atom. The summed E-state index contributed by atoms with van der Waals surface area (Å²) in [7, 11) is 0. The minimum Gasteiger partial charge on any atom is -0.389 e. The first-order valence-electron chi connectivity index (χ1n) is 4.09. The Labute approximate surface area is 72.6 Å². The van der Waals surface area contributed by atoms with E-state index in [-0.39, 0.29) is 6.10 Å². The van der Waals surface area contributed by atoms with Gasteiger partial charge in [-0.15, -0.1) is 0 Å². The summed E-state index contributed by atoms with van der Waals surface area (Å²) in [6.07, 6.45) is 7.55. The molecule has 1 rings (SSSR count). The van der Waals surface area contributed by atoms with Gasteiger partial charge in [-0.2, -0.15) is 0 Å². The predicted molar refractivity (Wildman–Crippen MR) is 49.6 cm³/mol. The number of pyridine rings is 1. The van der Waals surface area contributed by atoms with E-state index < -0.39 is 0 Å². The molecule has 1 atom stereocenters. The van der Waals surface area contributed by atoms with Crippen LogP contribution in [0.15, 0.2) is 30.6 Å². The van der Waals surface area contributed by atoms with Gasteiger partial charge in [0.15, 0.2) is 0 Å². The van der Waals surface area contributed by atoms with Gasteiger partial charge in [0.2, 0.25) is 0 Å². The molecular weight excluding hydrogens is 150 g/mol. The van der Waals surface area contributed by atoms with E-state index in [4.69, 9.17) is 0 Å². The third-order valence-electron chi connectivity index (χ3n) is 1.61. The van der Waals surface area contributed by atoms with E-state index in [0.29, 0.717) is 0 Å². The van der Waals surface area contributed by atoms with Crippen molar-refractivity contribution in [3.63, 3.8) is 0 Å². The number of hydrogen-bond acceptors (Lipinski definition) is 2. The summed E-state index contributed by atoms with van der Waals surface area (Å²) in [6.45, 7) is 1.94. The van der Waals surface area contributed by atoms with E-state index in [0.717, 1.165) is 12.0 Å². The van der Waals surface area contributed by atoms with E-state index in [9.17, 15) is 5.11 Å². The maximum absolute atomic E-state index is 9.21. The smallest absolute Gasteiger partial charge is 0.0721 e. The first-order valence-corrected chi connectivity index (χ1v) is 4.09. The van der Waals surface area contributed by atoms with E-state index in [1.807, 2.05) is 25.1 Å². The topological polar surface area (TPSA) is 33.1 Å². The van der Waals surface area contributed by atoms with Crippen LogP contribution in [0.1, 0.15) is 18.9 Å². The summed E-state index contributed by atoms with van der Waals surface area (Å²) in [5.74, 6) is 0. The average Bonchev–Trinajstić information content (AvgIpc) is 2.16. The van der Waals surface area contributed by atoms with Gasteiger partial charge in [0.25, 0.3) is 0 Å². The Morgan fingerprint density at radius 1 is 1.67 bits per heavy atom. The molecule has 0 saturated heterocycles. The van der Waals surface area contributed by atoms with Gasteiger partial charge in [-0.05, 0) is 18.1 Å². The van der Waals surface area contributed by atoms with Gasteiger partial charge in [-0.3, -0.25) is 4.98 Å². The summed E-state index contributed by atoms with van der Waals surface area (Å²) >= 11 is 0. The molecule has 0 bridgehead atoms. The fourth-order valence-corrected chi connectivity index (χ4v) is 0.833. The molecule has 0 amide bonds. The van der Waals surface area contributed by atoms with Crippen molar-refractivity contribution in [2.45, 2.75) is 19.4 Å². The summed E-state index contributed by atoms with van der Waals surface area (Å²) in [5.41, 5.74) is 1.02. The molecule has 2 nitrogen and oxygen atoms in total. The SMILES string of the molecule is CCC(O)C=Cc1cccnc1. The van der Waals surface area contributed by atoms with Crippen molar-refractivity contribution >= 4 is 6.08 Å². The summed E-state index contributed by atoms with van der Waals surface area (Å²) < 4.78 is 0. The van der Waals surface area contributed by atoms with Crippen LogP contribution in [0.3, 0.4) is 0 Å². The van der Waals surface area contributed by atoms with E-state index in [2.05, 4.69) is 4.98 Å². The first-order chi connectivity index (χ1) is 5.83. The Morgan fingerprint density at radius 3 is 3.08 bits per heavy atom. The maximum Gasteiger partial charge on any atom is 0.0721 e. The van der Waals surface area contributed by atoms with Crippen molar-refractivity contribution in [2.75, 3.05) is 0 Å². The molecule has 0 aliphatic heterocycles. The lowest BCUT2D eigenvalue weighted by Gasteiger charge is -1.98. The molecule has 0 fully saturated rings. The van der Waals surface area contributed by atoms with Crippen LogP contribution < -0.4 is 0 Å². The molecule has 0 saturated carbocycles. The second kappa shape index (κ2) is 4.67. The number of aromatic nitrogens is 1. The Kier molecular flexibility index (Phi) is 3.48. The second-order valence-corrected chi connectivity index (χ2v) is 2.62. The van der Waals surface area contributed by atoms with Crippen LogP contribution in [-0.2, 0) is 0 Å². The van der Waals surface area contributed by atoms with Gasteiger partial charge in [-0.1, -0.05) is 25.1 Å². The summed E-state index contributed by atoms with van der Waals surface area (Å²) in [6, 6.07) is 3.82. The lowest BCUT2D eigenvalue weighted by Crippen LogP contribution is -1.97. The van der Waals surface area contributed by atoms with Crippen LogP contribution >= 0.6 is 0 Å². The molecule has 0 spiro atoms. The summed E-state index contributed by atoms with van der Waals surface area (Å²) in [5, 5.41) is 9.21. The van der Waals surface area contributed by atoms with Gasteiger partial charge in [-0.25, -0.2) is 0 Å². The van der Waals surface area contributed by atoms with Crippen molar-refractivity contribution in [2.24, 2.45) is 0 Å². The van der Waals surface area contributed by atoms with Gasteiger partial charge in [0.1, 0.15) is 0 Å². The first kappa shape index (κ1) is 8.94. The molecule has 0 aromatic carbocycles. The zero-order chi connectivity index (χ0) is 8.81. The van der Waals surface area contributed by atoms with Crippen molar-refractivity contribution in [1.29, 1.82) is 0 Å². The molecular formula is C10H13NO. The molecule has 1 N–H and O–H groups in total. The van der Waals surface area contributed by atoms with Crippen LogP contribution in [0.5, 0.6) is 0 Å². The maximum atomic E-state index is 9.21. The molecule has 0 aliphatic rings. The Hall–Kier alpha value is -1.15. The Balaban J connectivity index is 2.58. The van der Waals surface area contributed by atoms with Crippen molar-refractivity contribution in [1.82, 2.24) is 4.98 Å². The largest absolute Gasteiger partial charge is 0.389 e. The van der Waals surface area contributed by atoms with Crippen LogP contribution in [0.2, 0.25) is 0 Å². The molecule has 2 heteroatoms. The number of rotatable bonds is 3. The molecule has 1 aromatic rings. The van der Waals surface area contributed by atoms with E-state index >= 15 is 0 Å². The quantitative estimate of drug-likeness (QED) is 0.737. The van der Waals surface area contributed by atoms with Gasteiger partial charge in [0, 0.05) is 12.4 Å². The van der Waals surface area contributed by atoms with E-state index in [1.54, 1.807) is 18.5 Å². The molecule has 12 heavy (non-hydrogen) atoms. The normalized spacial score (nSPS) is 13.5. The standard InChI is InChI=1S/C10H13NO/c1-2-10(12)6-5-9-4-3-7-11-8-9/h3-8,10,12H,2H2,1H3. The second-order valence-electron chi connectivity index (χ2n) is 2.62. The van der Waals surface area contributed by atoms with Crippen molar-refractivity contribution in [3.05, 3.63) is 36.2 Å². The fourth-order valence-electron chi connectivity index (χ4n) is 0.833. The van der Waals surface area contributed by atoms with E-state index in [1.165, 1.54) is 0 Å². The molecule has 1 heterocycles. The molecule has 0 radical (unpaired) electrons. The van der Waals surface area contributed by atoms with Crippen LogP contribution in [-0.4, -0.2) is 16.2 Å². The fraction of sp³-hybridized carbons (Fsp3) is 0.300. The highest BCUT2D eigenvalue weighted by Crippen LogP contribution is 2.01. The number of aliphatic hydroxyl groups excluding tert-OH is 1. The van der Waals surface area contributed by atoms with Gasteiger partial charge < -0.3 is 5.11 Å². The predicted octanol–water partition coefficient (Wildman–Crippen LogP) is 1.87. The molecule has 1 unspecified atom stereocenters. The molecule has 64 valence electrons. The minimum atomic E-state index is -0.342. The lowest BCUT2D eigenvalue weighted by molar-refractivity contribution is 0.220. The Bertz CT molecular complexity index is 243. The molecule has 0 aliphatic carbocycles. The molecule has 1 aromatic heterocycles. The number of nitrogens with zero attached hydrogens (tertiary/aromatic N) is 1. The third kappa shape index (κ3) is 2.84. The number of hydrogen-bond donors (Lipinski definition) is 1. The highest BCUT2D eigenvalue weighted by Gasteiger charge is 1.91. The van der Waals surface area contributed by atoms with Gasteiger partial charge >= 0.3 is 0 Å². The highest BCUT2D eigenvalue weighted by atomic mass is 16.3. The summed E-state index contributed by atoms with van der Waals surface area (Å²) in [4.78, 5) is 3.96. The number of aliphatic hydroxyl groups is 1. The van der Waals surface area contributed by atoms with Crippen molar-refractivity contribution < 1.29 is 5.11 Å². The zero-order valence-electron chi connectivity index (χ0n) is 7.14. The average molecular weight is 163 g/mol. The van der Waals surface area contributed by atoms with Crippen LogP contribution in [0.4, 0.5) is 0 Å². The monoisotopic (exact) mass is 163 g/mol. The lowest BCUT2D eigenvalue weighted by atomic mass is 10.2.